The normalized spacial score (nSPS) is 13.6. The van der Waals surface area contributed by atoms with Crippen LogP contribution in [0.25, 0.3) is 44.3 Å². The number of fused-ring (bicyclic) bond motifs is 3. The highest BCUT2D eigenvalue weighted by Gasteiger charge is 2.39. The molecular formula is C42H29Cl2F2N3O3. The molecule has 2 aromatic heterocycles. The number of carbonyl (C=O) groups is 2. The maximum Gasteiger partial charge on any atom is 0.262 e. The molecule has 10 heteroatoms. The Morgan fingerprint density at radius 3 is 1.50 bits per heavy atom. The van der Waals surface area contributed by atoms with Gasteiger partial charge in [-0.25, -0.2) is 18.7 Å². The van der Waals surface area contributed by atoms with Crippen molar-refractivity contribution in [3.63, 3.8) is 0 Å². The minimum atomic E-state index is -0.726. The summed E-state index contributed by atoms with van der Waals surface area (Å²) >= 11 is 12.6. The number of amides is 2. The van der Waals surface area contributed by atoms with E-state index in [0.29, 0.717) is 71.2 Å². The molecule has 0 spiro atoms. The fourth-order valence-corrected chi connectivity index (χ4v) is 6.87. The standard InChI is InChI=1S/C25H16ClFN2O2.C17H13ClFNO/c1-14(29-24(30)17-8-2-3-9-18(17)25(29)31)19-13-20-21(26)10-5-11-22(20)28-23(19)15-6-4-7-16(27)12-15;1-10(21)13-9-14-15(18)6-3-7-16(14)20-17(13)11-4-2-5-12(19)8-11/h2-14H,1H3;2-10,21H,1H3. The van der Waals surface area contributed by atoms with Gasteiger partial charge in [0.05, 0.1) is 45.7 Å². The third-order valence-corrected chi connectivity index (χ3v) is 9.64. The van der Waals surface area contributed by atoms with E-state index in [2.05, 4.69) is 4.98 Å². The maximum atomic E-state index is 14.0. The number of aliphatic hydroxyl groups excluding tert-OH is 1. The molecule has 1 aliphatic rings. The summed E-state index contributed by atoms with van der Waals surface area (Å²) in [5, 5.41) is 12.6. The van der Waals surface area contributed by atoms with Crippen LogP contribution in [0.4, 0.5) is 8.78 Å². The van der Waals surface area contributed by atoms with Gasteiger partial charge in [-0.1, -0.05) is 71.7 Å². The van der Waals surface area contributed by atoms with Gasteiger partial charge >= 0.3 is 0 Å². The van der Waals surface area contributed by atoms with Crippen molar-refractivity contribution in [2.75, 3.05) is 0 Å². The van der Waals surface area contributed by atoms with Crippen LogP contribution in [0.15, 0.2) is 121 Å². The van der Waals surface area contributed by atoms with Gasteiger partial charge in [-0.05, 0) is 86.6 Å². The maximum absolute atomic E-state index is 14.0. The molecule has 1 aliphatic heterocycles. The Bertz CT molecular complexity index is 2510. The molecule has 0 aliphatic carbocycles. The van der Waals surface area contributed by atoms with Crippen molar-refractivity contribution in [1.29, 1.82) is 0 Å². The highest BCUT2D eigenvalue weighted by molar-refractivity contribution is 6.35. The van der Waals surface area contributed by atoms with Crippen LogP contribution in [0.2, 0.25) is 10.0 Å². The molecule has 5 aromatic carbocycles. The zero-order valence-electron chi connectivity index (χ0n) is 27.8. The Morgan fingerprint density at radius 1 is 0.596 bits per heavy atom. The van der Waals surface area contributed by atoms with Crippen LogP contribution in [-0.4, -0.2) is 31.8 Å². The van der Waals surface area contributed by atoms with Gasteiger partial charge in [-0.3, -0.25) is 14.5 Å². The molecule has 8 rings (SSSR count). The van der Waals surface area contributed by atoms with Crippen LogP contribution in [0.3, 0.4) is 0 Å². The number of hydrogen-bond acceptors (Lipinski definition) is 5. The number of aliphatic hydroxyl groups is 1. The van der Waals surface area contributed by atoms with Gasteiger partial charge in [0, 0.05) is 43.1 Å². The lowest BCUT2D eigenvalue weighted by atomic mass is 9.97. The molecule has 2 unspecified atom stereocenters. The van der Waals surface area contributed by atoms with Crippen molar-refractivity contribution >= 4 is 56.8 Å². The van der Waals surface area contributed by atoms with Crippen molar-refractivity contribution in [1.82, 2.24) is 14.9 Å². The van der Waals surface area contributed by atoms with Gasteiger partial charge < -0.3 is 5.11 Å². The lowest BCUT2D eigenvalue weighted by molar-refractivity contribution is 0.0595. The number of rotatable bonds is 5. The first-order valence-corrected chi connectivity index (χ1v) is 17.1. The van der Waals surface area contributed by atoms with E-state index < -0.39 is 18.0 Å². The molecule has 0 radical (unpaired) electrons. The molecule has 0 fully saturated rings. The Hall–Kier alpha value is -5.54. The molecule has 52 heavy (non-hydrogen) atoms. The summed E-state index contributed by atoms with van der Waals surface area (Å²) in [4.78, 5) is 36.6. The van der Waals surface area contributed by atoms with E-state index >= 15 is 0 Å². The first-order valence-electron chi connectivity index (χ1n) is 16.4. The van der Waals surface area contributed by atoms with Crippen LogP contribution < -0.4 is 0 Å². The first kappa shape index (κ1) is 34.9. The van der Waals surface area contributed by atoms with Crippen LogP contribution >= 0.6 is 23.2 Å². The third-order valence-electron chi connectivity index (χ3n) is 8.98. The van der Waals surface area contributed by atoms with Gasteiger partial charge in [-0.2, -0.15) is 0 Å². The zero-order valence-corrected chi connectivity index (χ0v) is 29.3. The van der Waals surface area contributed by atoms with E-state index in [0.717, 1.165) is 5.39 Å². The van der Waals surface area contributed by atoms with Crippen LogP contribution in [0.5, 0.6) is 0 Å². The summed E-state index contributed by atoms with van der Waals surface area (Å²) in [6.45, 7) is 3.42. The molecule has 2 amide bonds. The number of benzene rings is 5. The molecule has 7 aromatic rings. The summed E-state index contributed by atoms with van der Waals surface area (Å²) in [6, 6.07) is 32.8. The Balaban J connectivity index is 0.000000175. The van der Waals surface area contributed by atoms with Crippen LogP contribution in [0.1, 0.15) is 57.8 Å². The van der Waals surface area contributed by atoms with Gasteiger partial charge in [0.2, 0.25) is 0 Å². The SMILES string of the molecule is CC(O)c1cc2c(Cl)cccc2nc1-c1cccc(F)c1.CC(c1cc2c(Cl)cccc2nc1-c1cccc(F)c1)N1C(=O)c2ccccc2C1=O. The number of carbonyl (C=O) groups excluding carboxylic acids is 2. The predicted molar refractivity (Wildman–Crippen MR) is 200 cm³/mol. The van der Waals surface area contributed by atoms with Gasteiger partial charge in [0.15, 0.2) is 0 Å². The van der Waals surface area contributed by atoms with Crippen LogP contribution in [-0.2, 0) is 0 Å². The largest absolute Gasteiger partial charge is 0.389 e. The minimum Gasteiger partial charge on any atom is -0.389 e. The van der Waals surface area contributed by atoms with E-state index in [4.69, 9.17) is 28.2 Å². The summed E-state index contributed by atoms with van der Waals surface area (Å²) in [5.74, 6) is -1.46. The molecule has 1 N–H and O–H groups in total. The van der Waals surface area contributed by atoms with E-state index in [-0.39, 0.29) is 17.6 Å². The Morgan fingerprint density at radius 2 is 1.04 bits per heavy atom. The van der Waals surface area contributed by atoms with Gasteiger partial charge in [-0.15, -0.1) is 0 Å². The quantitative estimate of drug-likeness (QED) is 0.178. The summed E-state index contributed by atoms with van der Waals surface area (Å²) < 4.78 is 27.5. The molecular weight excluding hydrogens is 703 g/mol. The smallest absolute Gasteiger partial charge is 0.262 e. The average molecular weight is 733 g/mol. The van der Waals surface area contributed by atoms with Crippen molar-refractivity contribution < 1.29 is 23.5 Å². The lowest BCUT2D eigenvalue weighted by Gasteiger charge is -2.25. The number of pyridine rings is 2. The van der Waals surface area contributed by atoms with E-state index in [9.17, 15) is 23.5 Å². The number of nitrogens with zero attached hydrogens (tertiary/aromatic N) is 3. The Kier molecular flexibility index (Phi) is 9.55. The van der Waals surface area contributed by atoms with E-state index in [1.54, 1.807) is 80.6 Å². The monoisotopic (exact) mass is 731 g/mol. The van der Waals surface area contributed by atoms with Gasteiger partial charge in [0.1, 0.15) is 11.6 Å². The average Bonchev–Trinajstić information content (AvgIpc) is 3.39. The first-order chi connectivity index (χ1) is 25.0. The van der Waals surface area contributed by atoms with Crippen molar-refractivity contribution in [2.45, 2.75) is 26.0 Å². The van der Waals surface area contributed by atoms with Gasteiger partial charge in [0.25, 0.3) is 11.8 Å². The van der Waals surface area contributed by atoms with Crippen LogP contribution in [0, 0.1) is 11.6 Å². The molecule has 2 atom stereocenters. The molecule has 0 saturated carbocycles. The highest BCUT2D eigenvalue weighted by atomic mass is 35.5. The van der Waals surface area contributed by atoms with E-state index in [1.165, 1.54) is 29.2 Å². The summed E-state index contributed by atoms with van der Waals surface area (Å²) in [7, 11) is 0. The number of halogens is 4. The second-order valence-electron chi connectivity index (χ2n) is 12.4. The predicted octanol–water partition coefficient (Wildman–Crippen LogP) is 10.8. The molecule has 0 saturated heterocycles. The second kappa shape index (κ2) is 14.2. The highest BCUT2D eigenvalue weighted by Crippen LogP contribution is 2.38. The number of imide groups is 1. The zero-order chi connectivity index (χ0) is 36.7. The molecule has 258 valence electrons. The fraction of sp³-hybridized carbons (Fsp3) is 0.0952. The molecule has 0 bridgehead atoms. The molecule has 6 nitrogen and oxygen atoms in total. The number of hydrogen-bond donors (Lipinski definition) is 1. The minimum absolute atomic E-state index is 0.336. The topological polar surface area (TPSA) is 83.4 Å². The Labute approximate surface area is 307 Å². The summed E-state index contributed by atoms with van der Waals surface area (Å²) in [5.41, 5.74) is 5.60. The fourth-order valence-electron chi connectivity index (χ4n) is 6.42. The van der Waals surface area contributed by atoms with Crippen molar-refractivity contribution in [3.8, 4) is 22.5 Å². The molecule has 3 heterocycles. The third kappa shape index (κ3) is 6.52. The second-order valence-corrected chi connectivity index (χ2v) is 13.2. The summed E-state index contributed by atoms with van der Waals surface area (Å²) in [6.07, 6.45) is -0.726. The number of aromatic nitrogens is 2. The lowest BCUT2D eigenvalue weighted by Crippen LogP contribution is -2.33. The van der Waals surface area contributed by atoms with E-state index in [1.807, 2.05) is 30.3 Å². The van der Waals surface area contributed by atoms with Crippen molar-refractivity contribution in [3.05, 3.63) is 165 Å². The van der Waals surface area contributed by atoms with Crippen molar-refractivity contribution in [2.24, 2.45) is 0 Å².